The van der Waals surface area contributed by atoms with Crippen LogP contribution in [0.3, 0.4) is 0 Å². The number of amides is 2. The second-order valence-electron chi connectivity index (χ2n) is 8.35. The van der Waals surface area contributed by atoms with Crippen molar-refractivity contribution in [2.24, 2.45) is 0 Å². The first-order chi connectivity index (χ1) is 14.5. The summed E-state index contributed by atoms with van der Waals surface area (Å²) in [6.45, 7) is 7.60. The summed E-state index contributed by atoms with van der Waals surface area (Å²) in [5.74, 6) is 0.192. The molecule has 2 aliphatic rings. The van der Waals surface area contributed by atoms with E-state index >= 15 is 0 Å². The molecule has 1 aromatic carbocycles. The van der Waals surface area contributed by atoms with Crippen LogP contribution in [0.4, 0.5) is 0 Å². The second-order valence-corrected chi connectivity index (χ2v) is 10.00. The van der Waals surface area contributed by atoms with Gasteiger partial charge >= 0.3 is 0 Å². The number of aromatic nitrogens is 2. The first-order valence-electron chi connectivity index (χ1n) is 10.9. The molecule has 0 bridgehead atoms. The topological polar surface area (TPSA) is 58.4 Å². The van der Waals surface area contributed by atoms with Gasteiger partial charge in [0.15, 0.2) is 0 Å². The summed E-state index contributed by atoms with van der Waals surface area (Å²) >= 11 is 1.83. The van der Waals surface area contributed by atoms with Gasteiger partial charge in [0.25, 0.3) is 5.91 Å². The number of aryl methyl sites for hydroxylation is 1. The molecule has 0 aliphatic carbocycles. The van der Waals surface area contributed by atoms with Gasteiger partial charge in [-0.3, -0.25) is 14.3 Å². The number of carbonyl (C=O) groups excluding carboxylic acids is 2. The number of hydrogen-bond donors (Lipinski definition) is 0. The molecular formula is C23H30N4O2S. The van der Waals surface area contributed by atoms with Crippen molar-refractivity contribution in [3.05, 3.63) is 47.3 Å². The molecule has 2 amide bonds. The molecule has 1 fully saturated rings. The van der Waals surface area contributed by atoms with Crippen LogP contribution < -0.4 is 0 Å². The largest absolute Gasteiger partial charge is 0.339 e. The van der Waals surface area contributed by atoms with Crippen molar-refractivity contribution < 1.29 is 9.59 Å². The summed E-state index contributed by atoms with van der Waals surface area (Å²) in [7, 11) is 0. The summed E-state index contributed by atoms with van der Waals surface area (Å²) in [4.78, 5) is 30.7. The number of nitrogens with zero attached hydrogens (tertiary/aromatic N) is 4. The third-order valence-corrected chi connectivity index (χ3v) is 6.80. The minimum Gasteiger partial charge on any atom is -0.339 e. The van der Waals surface area contributed by atoms with Crippen LogP contribution in [0.25, 0.3) is 0 Å². The molecule has 30 heavy (non-hydrogen) atoms. The average Bonchev–Trinajstić information content (AvgIpc) is 3.18. The van der Waals surface area contributed by atoms with Gasteiger partial charge in [-0.2, -0.15) is 5.10 Å². The molecule has 7 heteroatoms. The highest BCUT2D eigenvalue weighted by Gasteiger charge is 2.28. The van der Waals surface area contributed by atoms with E-state index in [0.29, 0.717) is 37.8 Å². The maximum absolute atomic E-state index is 13.0. The Morgan fingerprint density at radius 3 is 2.40 bits per heavy atom. The maximum atomic E-state index is 13.0. The molecule has 0 atom stereocenters. The van der Waals surface area contributed by atoms with Crippen LogP contribution in [-0.4, -0.2) is 62.8 Å². The van der Waals surface area contributed by atoms with E-state index in [1.165, 1.54) is 4.90 Å². The standard InChI is InChI=1S/C23H30N4O2S/c1-17(2)30-19-8-6-18(7-9-19)15-22(28)25-11-13-26(14-12-25)23(29)20-16-24-27-10-4-3-5-21(20)27/h6-9,16-17H,3-5,10-15H2,1-2H3. The van der Waals surface area contributed by atoms with Gasteiger partial charge in [0.1, 0.15) is 0 Å². The third-order valence-electron chi connectivity index (χ3n) is 5.78. The highest BCUT2D eigenvalue weighted by atomic mass is 32.2. The lowest BCUT2D eigenvalue weighted by molar-refractivity contribution is -0.131. The molecule has 0 N–H and O–H groups in total. The van der Waals surface area contributed by atoms with Crippen LogP contribution in [0.1, 0.15) is 48.3 Å². The van der Waals surface area contributed by atoms with E-state index in [9.17, 15) is 9.59 Å². The van der Waals surface area contributed by atoms with E-state index in [1.54, 1.807) is 6.20 Å². The monoisotopic (exact) mass is 426 g/mol. The highest BCUT2D eigenvalue weighted by molar-refractivity contribution is 7.99. The van der Waals surface area contributed by atoms with Crippen LogP contribution in [0, 0.1) is 0 Å². The average molecular weight is 427 g/mol. The van der Waals surface area contributed by atoms with E-state index in [-0.39, 0.29) is 11.8 Å². The van der Waals surface area contributed by atoms with Crippen molar-refractivity contribution in [1.29, 1.82) is 0 Å². The Hall–Kier alpha value is -2.28. The van der Waals surface area contributed by atoms with Crippen LogP contribution in [-0.2, 0) is 24.2 Å². The zero-order valence-electron chi connectivity index (χ0n) is 17.8. The summed E-state index contributed by atoms with van der Waals surface area (Å²) in [5, 5.41) is 4.93. The molecule has 1 saturated heterocycles. The van der Waals surface area contributed by atoms with Gasteiger partial charge in [-0.25, -0.2) is 0 Å². The Morgan fingerprint density at radius 1 is 1.00 bits per heavy atom. The smallest absolute Gasteiger partial charge is 0.257 e. The Bertz CT molecular complexity index is 898. The number of thioether (sulfide) groups is 1. The molecular weight excluding hydrogens is 396 g/mol. The zero-order valence-corrected chi connectivity index (χ0v) is 18.7. The Balaban J connectivity index is 1.30. The van der Waals surface area contributed by atoms with E-state index in [2.05, 4.69) is 31.1 Å². The molecule has 4 rings (SSSR count). The summed E-state index contributed by atoms with van der Waals surface area (Å²) in [6.07, 6.45) is 5.31. The zero-order chi connectivity index (χ0) is 21.1. The second kappa shape index (κ2) is 9.25. The van der Waals surface area contributed by atoms with Crippen molar-refractivity contribution in [2.75, 3.05) is 26.2 Å². The van der Waals surface area contributed by atoms with E-state index < -0.39 is 0 Å². The summed E-state index contributed by atoms with van der Waals surface area (Å²) in [5.41, 5.74) is 2.86. The van der Waals surface area contributed by atoms with Gasteiger partial charge in [-0.05, 0) is 37.0 Å². The Labute approximate surface area is 182 Å². The van der Waals surface area contributed by atoms with Gasteiger partial charge in [0.05, 0.1) is 23.9 Å². The van der Waals surface area contributed by atoms with Crippen molar-refractivity contribution in [2.45, 2.75) is 56.2 Å². The van der Waals surface area contributed by atoms with Crippen molar-refractivity contribution in [1.82, 2.24) is 19.6 Å². The first kappa shape index (κ1) is 21.0. The third kappa shape index (κ3) is 4.72. The molecule has 160 valence electrons. The number of benzene rings is 1. The minimum absolute atomic E-state index is 0.0588. The van der Waals surface area contributed by atoms with E-state index in [4.69, 9.17) is 0 Å². The number of piperazine rings is 1. The summed E-state index contributed by atoms with van der Waals surface area (Å²) in [6, 6.07) is 8.28. The molecule has 3 heterocycles. The van der Waals surface area contributed by atoms with Gasteiger partial charge < -0.3 is 9.80 Å². The fourth-order valence-electron chi connectivity index (χ4n) is 4.17. The molecule has 1 aromatic heterocycles. The highest BCUT2D eigenvalue weighted by Crippen LogP contribution is 2.23. The van der Waals surface area contributed by atoms with Gasteiger partial charge in [-0.15, -0.1) is 11.8 Å². The quantitative estimate of drug-likeness (QED) is 0.689. The predicted molar refractivity (Wildman–Crippen MR) is 119 cm³/mol. The number of carbonyl (C=O) groups is 2. The normalized spacial score (nSPS) is 16.6. The number of fused-ring (bicyclic) bond motifs is 1. The van der Waals surface area contributed by atoms with E-state index in [1.807, 2.05) is 38.4 Å². The van der Waals surface area contributed by atoms with Crippen LogP contribution in [0.5, 0.6) is 0 Å². The molecule has 0 saturated carbocycles. The number of hydrogen-bond acceptors (Lipinski definition) is 4. The van der Waals surface area contributed by atoms with Crippen LogP contribution in [0.15, 0.2) is 35.4 Å². The predicted octanol–water partition coefficient (Wildman–Crippen LogP) is 3.25. The van der Waals surface area contributed by atoms with Gasteiger partial charge in [0.2, 0.25) is 5.91 Å². The SMILES string of the molecule is CC(C)Sc1ccc(CC(=O)N2CCN(C(=O)c3cnn4c3CCCC4)CC2)cc1. The molecule has 0 spiro atoms. The van der Waals surface area contributed by atoms with Crippen molar-refractivity contribution >= 4 is 23.6 Å². The fourth-order valence-corrected chi connectivity index (χ4v) is 5.01. The van der Waals surface area contributed by atoms with Crippen LogP contribution >= 0.6 is 11.8 Å². The minimum atomic E-state index is 0.0588. The maximum Gasteiger partial charge on any atom is 0.257 e. The number of rotatable bonds is 5. The molecule has 6 nitrogen and oxygen atoms in total. The van der Waals surface area contributed by atoms with Crippen LogP contribution in [0.2, 0.25) is 0 Å². The molecule has 2 aliphatic heterocycles. The Kier molecular flexibility index (Phi) is 6.46. The lowest BCUT2D eigenvalue weighted by atomic mass is 10.1. The van der Waals surface area contributed by atoms with Crippen molar-refractivity contribution in [3.8, 4) is 0 Å². The lowest BCUT2D eigenvalue weighted by Gasteiger charge is -2.35. The lowest BCUT2D eigenvalue weighted by Crippen LogP contribution is -2.51. The molecule has 2 aromatic rings. The van der Waals surface area contributed by atoms with E-state index in [0.717, 1.165) is 42.6 Å². The fraction of sp³-hybridized carbons (Fsp3) is 0.522. The Morgan fingerprint density at radius 2 is 1.70 bits per heavy atom. The van der Waals surface area contributed by atoms with Gasteiger partial charge in [0, 0.05) is 42.9 Å². The summed E-state index contributed by atoms with van der Waals surface area (Å²) < 4.78 is 1.97. The van der Waals surface area contributed by atoms with Crippen molar-refractivity contribution in [3.63, 3.8) is 0 Å². The van der Waals surface area contributed by atoms with Gasteiger partial charge in [-0.1, -0.05) is 26.0 Å². The molecule has 0 unspecified atom stereocenters. The molecule has 0 radical (unpaired) electrons. The first-order valence-corrected chi connectivity index (χ1v) is 11.8.